The van der Waals surface area contributed by atoms with Crippen molar-refractivity contribution >= 4 is 22.2 Å². The molecule has 142 valence electrons. The van der Waals surface area contributed by atoms with Crippen LogP contribution in [0.1, 0.15) is 0 Å². The standard InChI is InChI=1S/C22H14N8/c1-3-10-23-14(5-1)13-9-12-25-21-18(13)27-22(28-21)20-19-17(29-30-20)8-7-16(26-19)15-6-2-4-11-24-15/h1-12H,(H,29,30)(H,25,27,28). The van der Waals surface area contributed by atoms with Gasteiger partial charge in [0.1, 0.15) is 5.52 Å². The van der Waals surface area contributed by atoms with Gasteiger partial charge in [0.25, 0.3) is 0 Å². The minimum Gasteiger partial charge on any atom is -0.335 e. The highest BCUT2D eigenvalue weighted by Gasteiger charge is 2.17. The lowest BCUT2D eigenvalue weighted by Crippen LogP contribution is -1.88. The summed E-state index contributed by atoms with van der Waals surface area (Å²) < 4.78 is 0. The topological polar surface area (TPSA) is 109 Å². The average Bonchev–Trinajstić information content (AvgIpc) is 3.43. The second kappa shape index (κ2) is 6.56. The van der Waals surface area contributed by atoms with Gasteiger partial charge in [-0.2, -0.15) is 5.10 Å². The fourth-order valence-corrected chi connectivity index (χ4v) is 3.48. The summed E-state index contributed by atoms with van der Waals surface area (Å²) in [5.41, 5.74) is 6.94. The first-order valence-corrected chi connectivity index (χ1v) is 9.40. The van der Waals surface area contributed by atoms with Gasteiger partial charge >= 0.3 is 0 Å². The molecule has 0 saturated carbocycles. The minimum atomic E-state index is 0.595. The number of H-pyrrole nitrogens is 2. The number of pyridine rings is 4. The first-order valence-electron chi connectivity index (χ1n) is 9.40. The summed E-state index contributed by atoms with van der Waals surface area (Å²) in [5, 5.41) is 7.48. The van der Waals surface area contributed by atoms with Crippen LogP contribution in [0.5, 0.6) is 0 Å². The van der Waals surface area contributed by atoms with Crippen LogP contribution in [-0.4, -0.2) is 40.1 Å². The number of aromatic nitrogens is 8. The van der Waals surface area contributed by atoms with Crippen molar-refractivity contribution in [2.24, 2.45) is 0 Å². The highest BCUT2D eigenvalue weighted by atomic mass is 15.2. The van der Waals surface area contributed by atoms with Crippen LogP contribution < -0.4 is 0 Å². The molecule has 2 N–H and O–H groups in total. The maximum absolute atomic E-state index is 4.78. The highest BCUT2D eigenvalue weighted by molar-refractivity contribution is 5.94. The van der Waals surface area contributed by atoms with E-state index in [2.05, 4.69) is 35.1 Å². The van der Waals surface area contributed by atoms with Gasteiger partial charge in [-0.3, -0.25) is 15.1 Å². The number of aromatic amines is 2. The Morgan fingerprint density at radius 2 is 1.50 bits per heavy atom. The summed E-state index contributed by atoms with van der Waals surface area (Å²) in [4.78, 5) is 26.1. The van der Waals surface area contributed by atoms with Crippen molar-refractivity contribution in [1.82, 2.24) is 40.1 Å². The van der Waals surface area contributed by atoms with Crippen molar-refractivity contribution in [3.8, 4) is 34.2 Å². The van der Waals surface area contributed by atoms with Crippen molar-refractivity contribution in [1.29, 1.82) is 0 Å². The predicted molar refractivity (Wildman–Crippen MR) is 113 cm³/mol. The van der Waals surface area contributed by atoms with Gasteiger partial charge in [0.05, 0.1) is 28.1 Å². The average molecular weight is 390 g/mol. The van der Waals surface area contributed by atoms with Crippen molar-refractivity contribution in [2.75, 3.05) is 0 Å². The van der Waals surface area contributed by atoms with Crippen LogP contribution >= 0.6 is 0 Å². The van der Waals surface area contributed by atoms with E-state index in [1.807, 2.05) is 54.6 Å². The van der Waals surface area contributed by atoms with Gasteiger partial charge in [0, 0.05) is 24.2 Å². The molecule has 30 heavy (non-hydrogen) atoms. The Bertz CT molecular complexity index is 1490. The van der Waals surface area contributed by atoms with Crippen LogP contribution in [0.4, 0.5) is 0 Å². The van der Waals surface area contributed by atoms with E-state index in [1.165, 1.54) is 0 Å². The lowest BCUT2D eigenvalue weighted by Gasteiger charge is -2.00. The summed E-state index contributed by atoms with van der Waals surface area (Å²) in [6.07, 6.45) is 5.25. The molecule has 0 saturated heterocycles. The van der Waals surface area contributed by atoms with E-state index in [9.17, 15) is 0 Å². The summed E-state index contributed by atoms with van der Waals surface area (Å²) in [6, 6.07) is 17.3. The molecule has 0 radical (unpaired) electrons. The quantitative estimate of drug-likeness (QED) is 0.472. The molecule has 0 bridgehead atoms. The molecule has 6 aromatic heterocycles. The monoisotopic (exact) mass is 390 g/mol. The molecule has 0 aliphatic carbocycles. The van der Waals surface area contributed by atoms with Gasteiger partial charge in [-0.25, -0.2) is 15.0 Å². The zero-order valence-electron chi connectivity index (χ0n) is 15.6. The van der Waals surface area contributed by atoms with Crippen molar-refractivity contribution in [2.45, 2.75) is 0 Å². The molecule has 8 heteroatoms. The third-order valence-corrected chi connectivity index (χ3v) is 4.89. The summed E-state index contributed by atoms with van der Waals surface area (Å²) in [5.74, 6) is 0.595. The Morgan fingerprint density at radius 1 is 0.667 bits per heavy atom. The van der Waals surface area contributed by atoms with Gasteiger partial charge in [-0.15, -0.1) is 0 Å². The molecule has 6 heterocycles. The van der Waals surface area contributed by atoms with E-state index in [0.717, 1.165) is 39.2 Å². The van der Waals surface area contributed by atoms with E-state index in [-0.39, 0.29) is 0 Å². The van der Waals surface area contributed by atoms with Crippen molar-refractivity contribution in [3.05, 3.63) is 73.2 Å². The van der Waals surface area contributed by atoms with Crippen LogP contribution in [0.3, 0.4) is 0 Å². The van der Waals surface area contributed by atoms with E-state index in [0.29, 0.717) is 17.2 Å². The molecule has 0 spiro atoms. The summed E-state index contributed by atoms with van der Waals surface area (Å²) >= 11 is 0. The lowest BCUT2D eigenvalue weighted by atomic mass is 10.1. The zero-order chi connectivity index (χ0) is 19.9. The minimum absolute atomic E-state index is 0.595. The van der Waals surface area contributed by atoms with Gasteiger partial charge in [-0.05, 0) is 42.5 Å². The third kappa shape index (κ3) is 2.62. The lowest BCUT2D eigenvalue weighted by molar-refractivity contribution is 1.10. The number of hydrogen-bond donors (Lipinski definition) is 2. The summed E-state index contributed by atoms with van der Waals surface area (Å²) in [6.45, 7) is 0. The molecular formula is C22H14N8. The first-order chi connectivity index (χ1) is 14.9. The number of fused-ring (bicyclic) bond motifs is 2. The van der Waals surface area contributed by atoms with Crippen LogP contribution in [0.2, 0.25) is 0 Å². The highest BCUT2D eigenvalue weighted by Crippen LogP contribution is 2.30. The Hall–Kier alpha value is -4.46. The fraction of sp³-hybridized carbons (Fsp3) is 0. The number of imidazole rings is 1. The SMILES string of the molecule is c1ccc(-c2ccc3[nH]nc(-c4nc5nccc(-c6ccccn6)c5[nH]4)c3n2)nc1. The Balaban J connectivity index is 1.52. The molecule has 0 aliphatic heterocycles. The third-order valence-electron chi connectivity index (χ3n) is 4.89. The first kappa shape index (κ1) is 16.5. The van der Waals surface area contributed by atoms with Gasteiger partial charge in [0.15, 0.2) is 17.2 Å². The normalized spacial score (nSPS) is 11.3. The van der Waals surface area contributed by atoms with Crippen LogP contribution in [-0.2, 0) is 0 Å². The smallest absolute Gasteiger partial charge is 0.178 e. The molecule has 0 fully saturated rings. The zero-order valence-corrected chi connectivity index (χ0v) is 15.6. The van der Waals surface area contributed by atoms with Crippen LogP contribution in [0.15, 0.2) is 73.2 Å². The Morgan fingerprint density at radius 3 is 2.30 bits per heavy atom. The molecule has 0 aromatic carbocycles. The van der Waals surface area contributed by atoms with Crippen molar-refractivity contribution in [3.63, 3.8) is 0 Å². The largest absolute Gasteiger partial charge is 0.335 e. The fourth-order valence-electron chi connectivity index (χ4n) is 3.48. The molecule has 6 rings (SSSR count). The maximum Gasteiger partial charge on any atom is 0.178 e. The molecule has 0 amide bonds. The van der Waals surface area contributed by atoms with Gasteiger partial charge < -0.3 is 4.98 Å². The molecular weight excluding hydrogens is 376 g/mol. The maximum atomic E-state index is 4.78. The van der Waals surface area contributed by atoms with Crippen LogP contribution in [0.25, 0.3) is 56.4 Å². The Kier molecular flexibility index (Phi) is 3.60. The van der Waals surface area contributed by atoms with E-state index < -0.39 is 0 Å². The van der Waals surface area contributed by atoms with E-state index in [4.69, 9.17) is 4.98 Å². The number of hydrogen-bond acceptors (Lipinski definition) is 6. The van der Waals surface area contributed by atoms with Crippen molar-refractivity contribution < 1.29 is 0 Å². The van der Waals surface area contributed by atoms with Gasteiger partial charge in [0.2, 0.25) is 0 Å². The molecule has 0 atom stereocenters. The Labute approximate surface area is 170 Å². The molecule has 6 aromatic rings. The second-order valence-electron chi connectivity index (χ2n) is 6.74. The van der Waals surface area contributed by atoms with Gasteiger partial charge in [-0.1, -0.05) is 12.1 Å². The van der Waals surface area contributed by atoms with Crippen LogP contribution in [0, 0.1) is 0 Å². The number of nitrogens with one attached hydrogen (secondary N) is 2. The predicted octanol–water partition coefficient (Wildman–Crippen LogP) is 4.02. The molecule has 8 nitrogen and oxygen atoms in total. The second-order valence-corrected chi connectivity index (χ2v) is 6.74. The number of rotatable bonds is 3. The van der Waals surface area contributed by atoms with E-state index >= 15 is 0 Å². The summed E-state index contributed by atoms with van der Waals surface area (Å²) in [7, 11) is 0. The molecule has 0 aliphatic rings. The number of nitrogens with zero attached hydrogens (tertiary/aromatic N) is 6. The molecule has 0 unspecified atom stereocenters. The van der Waals surface area contributed by atoms with E-state index in [1.54, 1.807) is 18.6 Å².